The molecule has 6 nitrogen and oxygen atoms in total. The molecule has 0 saturated carbocycles. The SMILES string of the molecule is C=C(C)C(=O)OCCCCCCCOC(=O)/C=C/c1ccc(OC)c(OC)c1. The van der Waals surface area contributed by atoms with Crippen LogP contribution in [0.25, 0.3) is 6.08 Å². The van der Waals surface area contributed by atoms with Crippen LogP contribution in [0.3, 0.4) is 0 Å². The molecule has 0 fully saturated rings. The number of hydrogen-bond acceptors (Lipinski definition) is 6. The zero-order chi connectivity index (χ0) is 20.8. The van der Waals surface area contributed by atoms with E-state index in [2.05, 4.69) is 6.58 Å². The molecule has 1 aromatic carbocycles. The fourth-order valence-electron chi connectivity index (χ4n) is 2.36. The molecule has 154 valence electrons. The number of hydrogen-bond donors (Lipinski definition) is 0. The van der Waals surface area contributed by atoms with Gasteiger partial charge >= 0.3 is 11.9 Å². The molecule has 6 heteroatoms. The third-order valence-electron chi connectivity index (χ3n) is 3.93. The van der Waals surface area contributed by atoms with Crippen LogP contribution < -0.4 is 9.47 Å². The third-order valence-corrected chi connectivity index (χ3v) is 3.93. The Morgan fingerprint density at radius 1 is 0.929 bits per heavy atom. The molecule has 0 aliphatic carbocycles. The van der Waals surface area contributed by atoms with Gasteiger partial charge in [0.05, 0.1) is 27.4 Å². The van der Waals surface area contributed by atoms with Crippen LogP contribution in [0.2, 0.25) is 0 Å². The molecule has 0 radical (unpaired) electrons. The first-order valence-corrected chi connectivity index (χ1v) is 9.37. The van der Waals surface area contributed by atoms with Crippen LogP contribution in [-0.2, 0) is 19.1 Å². The summed E-state index contributed by atoms with van der Waals surface area (Å²) in [6, 6.07) is 5.40. The molecule has 0 spiro atoms. The van der Waals surface area contributed by atoms with Crippen LogP contribution in [0.4, 0.5) is 0 Å². The molecule has 1 rings (SSSR count). The fraction of sp³-hybridized carbons (Fsp3) is 0.455. The maximum atomic E-state index is 11.8. The van der Waals surface area contributed by atoms with Crippen molar-refractivity contribution in [3.05, 3.63) is 42.0 Å². The van der Waals surface area contributed by atoms with E-state index in [1.165, 1.54) is 6.08 Å². The summed E-state index contributed by atoms with van der Waals surface area (Å²) in [6.07, 6.45) is 7.64. The second-order valence-corrected chi connectivity index (χ2v) is 6.30. The lowest BCUT2D eigenvalue weighted by Crippen LogP contribution is -2.06. The van der Waals surface area contributed by atoms with Gasteiger partial charge in [-0.3, -0.25) is 0 Å². The monoisotopic (exact) mass is 390 g/mol. The van der Waals surface area contributed by atoms with Crippen molar-refractivity contribution in [2.24, 2.45) is 0 Å². The highest BCUT2D eigenvalue weighted by Crippen LogP contribution is 2.27. The second kappa shape index (κ2) is 13.4. The molecule has 0 bridgehead atoms. The molecule has 0 N–H and O–H groups in total. The smallest absolute Gasteiger partial charge is 0.333 e. The standard InChI is InChI=1S/C22H30O6/c1-17(2)22(24)28-15-9-7-5-6-8-14-27-21(23)13-11-18-10-12-19(25-3)20(16-18)26-4/h10-13,16H,1,5-9,14-15H2,2-4H3/b13-11+. The van der Waals surface area contributed by atoms with Crippen molar-refractivity contribution < 1.29 is 28.5 Å². The van der Waals surface area contributed by atoms with Crippen LogP contribution in [0.5, 0.6) is 11.5 Å². The zero-order valence-corrected chi connectivity index (χ0v) is 17.0. The Bertz CT molecular complexity index is 678. The highest BCUT2D eigenvalue weighted by atomic mass is 16.5. The quantitative estimate of drug-likeness (QED) is 0.284. The molecule has 0 heterocycles. The van der Waals surface area contributed by atoms with Gasteiger partial charge in [-0.1, -0.05) is 31.9 Å². The molecule has 0 saturated heterocycles. The van der Waals surface area contributed by atoms with Crippen LogP contribution in [-0.4, -0.2) is 39.4 Å². The Balaban J connectivity index is 2.15. The zero-order valence-electron chi connectivity index (χ0n) is 17.0. The predicted octanol–water partition coefficient (Wildman–Crippen LogP) is 4.33. The highest BCUT2D eigenvalue weighted by molar-refractivity contribution is 5.87. The van der Waals surface area contributed by atoms with Crippen LogP contribution in [0, 0.1) is 0 Å². The maximum Gasteiger partial charge on any atom is 0.333 e. The lowest BCUT2D eigenvalue weighted by atomic mass is 10.1. The average molecular weight is 390 g/mol. The molecule has 1 aromatic rings. The van der Waals surface area contributed by atoms with E-state index < -0.39 is 0 Å². The molecular weight excluding hydrogens is 360 g/mol. The van der Waals surface area contributed by atoms with Crippen molar-refractivity contribution in [3.63, 3.8) is 0 Å². The number of carbonyl (C=O) groups is 2. The van der Waals surface area contributed by atoms with Gasteiger partial charge in [-0.25, -0.2) is 9.59 Å². The first-order valence-electron chi connectivity index (χ1n) is 9.37. The largest absolute Gasteiger partial charge is 0.493 e. The minimum absolute atomic E-state index is 0.340. The van der Waals surface area contributed by atoms with Crippen LogP contribution in [0.15, 0.2) is 36.4 Å². The molecule has 0 aromatic heterocycles. The van der Waals surface area contributed by atoms with E-state index in [4.69, 9.17) is 18.9 Å². The molecule has 0 unspecified atom stereocenters. The lowest BCUT2D eigenvalue weighted by Gasteiger charge is -2.07. The van der Waals surface area contributed by atoms with Gasteiger partial charge in [0, 0.05) is 11.6 Å². The first-order chi connectivity index (χ1) is 13.5. The van der Waals surface area contributed by atoms with Crippen LogP contribution >= 0.6 is 0 Å². The molecule has 0 amide bonds. The predicted molar refractivity (Wildman–Crippen MR) is 108 cm³/mol. The highest BCUT2D eigenvalue weighted by Gasteiger charge is 2.04. The Hall–Kier alpha value is -2.76. The summed E-state index contributed by atoms with van der Waals surface area (Å²) in [4.78, 5) is 23.0. The minimum Gasteiger partial charge on any atom is -0.493 e. The Morgan fingerprint density at radius 3 is 2.14 bits per heavy atom. The van der Waals surface area contributed by atoms with Gasteiger partial charge < -0.3 is 18.9 Å². The second-order valence-electron chi connectivity index (χ2n) is 6.30. The van der Waals surface area contributed by atoms with E-state index in [0.717, 1.165) is 37.7 Å². The van der Waals surface area contributed by atoms with Gasteiger partial charge in [0.1, 0.15) is 0 Å². The van der Waals surface area contributed by atoms with E-state index in [1.54, 1.807) is 39.4 Å². The molecule has 28 heavy (non-hydrogen) atoms. The van der Waals surface area contributed by atoms with Crippen molar-refractivity contribution >= 4 is 18.0 Å². The Kier molecular flexibility index (Phi) is 11.2. The fourth-order valence-corrected chi connectivity index (χ4v) is 2.36. The number of methoxy groups -OCH3 is 2. The van der Waals surface area contributed by atoms with E-state index in [1.807, 2.05) is 6.07 Å². The minimum atomic E-state index is -0.374. The Morgan fingerprint density at radius 2 is 1.54 bits per heavy atom. The number of rotatable bonds is 13. The van der Waals surface area contributed by atoms with Crippen molar-refractivity contribution in [1.29, 1.82) is 0 Å². The van der Waals surface area contributed by atoms with Crippen molar-refractivity contribution in [2.75, 3.05) is 27.4 Å². The van der Waals surface area contributed by atoms with Crippen molar-refractivity contribution in [3.8, 4) is 11.5 Å². The van der Waals surface area contributed by atoms with Crippen molar-refractivity contribution in [2.45, 2.75) is 39.0 Å². The van der Waals surface area contributed by atoms with Gasteiger partial charge in [-0.2, -0.15) is 0 Å². The van der Waals surface area contributed by atoms with E-state index in [9.17, 15) is 9.59 Å². The van der Waals surface area contributed by atoms with E-state index in [-0.39, 0.29) is 11.9 Å². The number of carbonyl (C=O) groups excluding carboxylic acids is 2. The summed E-state index contributed by atoms with van der Waals surface area (Å²) in [5.41, 5.74) is 1.24. The Labute approximate surface area is 167 Å². The number of unbranched alkanes of at least 4 members (excludes halogenated alkanes) is 4. The lowest BCUT2D eigenvalue weighted by molar-refractivity contribution is -0.139. The molecule has 0 aliphatic rings. The maximum absolute atomic E-state index is 11.8. The summed E-state index contributed by atoms with van der Waals surface area (Å²) in [5.74, 6) is 0.526. The summed E-state index contributed by atoms with van der Waals surface area (Å²) in [5, 5.41) is 0. The topological polar surface area (TPSA) is 71.1 Å². The van der Waals surface area contributed by atoms with Gasteiger partial charge in [-0.05, 0) is 43.5 Å². The van der Waals surface area contributed by atoms with E-state index in [0.29, 0.717) is 30.3 Å². The van der Waals surface area contributed by atoms with Crippen LogP contribution in [0.1, 0.15) is 44.6 Å². The van der Waals surface area contributed by atoms with E-state index >= 15 is 0 Å². The van der Waals surface area contributed by atoms with Crippen molar-refractivity contribution in [1.82, 2.24) is 0 Å². The van der Waals surface area contributed by atoms with Gasteiger partial charge in [0.15, 0.2) is 11.5 Å². The van der Waals surface area contributed by atoms with Gasteiger partial charge in [0.25, 0.3) is 0 Å². The summed E-state index contributed by atoms with van der Waals surface area (Å²) < 4.78 is 20.6. The summed E-state index contributed by atoms with van der Waals surface area (Å²) in [7, 11) is 3.14. The number of benzene rings is 1. The normalized spacial score (nSPS) is 10.5. The number of ether oxygens (including phenoxy) is 4. The van der Waals surface area contributed by atoms with Gasteiger partial charge in [-0.15, -0.1) is 0 Å². The first kappa shape index (κ1) is 23.3. The average Bonchev–Trinajstić information content (AvgIpc) is 2.70. The summed E-state index contributed by atoms with van der Waals surface area (Å²) >= 11 is 0. The van der Waals surface area contributed by atoms with Gasteiger partial charge in [0.2, 0.25) is 0 Å². The molecular formula is C22H30O6. The number of esters is 2. The summed E-state index contributed by atoms with van der Waals surface area (Å²) in [6.45, 7) is 5.97. The third kappa shape index (κ3) is 9.26. The molecule has 0 atom stereocenters. The molecule has 0 aliphatic heterocycles.